The predicted octanol–water partition coefficient (Wildman–Crippen LogP) is 3.46. The number of hydrogen-bond donors (Lipinski definition) is 1. The Hall–Kier alpha value is -2.07. The van der Waals surface area contributed by atoms with Gasteiger partial charge in [-0.15, -0.1) is 0 Å². The van der Waals surface area contributed by atoms with Gasteiger partial charge in [0.15, 0.2) is 0 Å². The van der Waals surface area contributed by atoms with Gasteiger partial charge in [-0.3, -0.25) is 4.98 Å². The average Bonchev–Trinajstić information content (AvgIpc) is 2.46. The van der Waals surface area contributed by atoms with E-state index >= 15 is 0 Å². The summed E-state index contributed by atoms with van der Waals surface area (Å²) in [4.78, 5) is 17.5. The van der Waals surface area contributed by atoms with Crippen LogP contribution in [-0.2, 0) is 6.54 Å². The Balaban J connectivity index is 2.39. The lowest BCUT2D eigenvalue weighted by molar-refractivity contribution is 0.0697. The van der Waals surface area contributed by atoms with E-state index in [0.717, 1.165) is 5.69 Å². The van der Waals surface area contributed by atoms with Crippen molar-refractivity contribution in [1.82, 2.24) is 4.98 Å². The van der Waals surface area contributed by atoms with Gasteiger partial charge in [0, 0.05) is 12.7 Å². The van der Waals surface area contributed by atoms with Crippen LogP contribution in [-0.4, -0.2) is 22.6 Å². The first-order valence-corrected chi connectivity index (χ1v) is 6.68. The van der Waals surface area contributed by atoms with E-state index in [1.54, 1.807) is 24.4 Å². The standard InChI is InChI=1S/C15H15ClN2O2/c1-2-18(10-11-6-3-4-9-17-11)14-12(15(19)20)7-5-8-13(14)16/h3-9H,2,10H2,1H3,(H,19,20). The van der Waals surface area contributed by atoms with Crippen molar-refractivity contribution in [2.45, 2.75) is 13.5 Å². The Morgan fingerprint density at radius 3 is 2.70 bits per heavy atom. The van der Waals surface area contributed by atoms with E-state index in [4.69, 9.17) is 11.6 Å². The summed E-state index contributed by atoms with van der Waals surface area (Å²) in [6.45, 7) is 3.11. The van der Waals surface area contributed by atoms with Crippen LogP contribution in [0.25, 0.3) is 0 Å². The van der Waals surface area contributed by atoms with E-state index in [9.17, 15) is 9.90 Å². The number of aromatic carboxylic acids is 1. The van der Waals surface area contributed by atoms with Crippen LogP contribution in [0, 0.1) is 0 Å². The highest BCUT2D eigenvalue weighted by Gasteiger charge is 2.18. The van der Waals surface area contributed by atoms with Gasteiger partial charge in [-0.25, -0.2) is 4.79 Å². The van der Waals surface area contributed by atoms with Crippen molar-refractivity contribution in [3.63, 3.8) is 0 Å². The maximum atomic E-state index is 11.3. The summed E-state index contributed by atoms with van der Waals surface area (Å²) in [5, 5.41) is 9.73. The number of benzene rings is 1. The normalized spacial score (nSPS) is 10.3. The van der Waals surface area contributed by atoms with Gasteiger partial charge < -0.3 is 10.0 Å². The maximum Gasteiger partial charge on any atom is 0.337 e. The molecule has 0 atom stereocenters. The molecule has 0 saturated carbocycles. The van der Waals surface area contributed by atoms with Crippen molar-refractivity contribution in [3.05, 3.63) is 58.9 Å². The Morgan fingerprint density at radius 1 is 1.30 bits per heavy atom. The Labute approximate surface area is 122 Å². The monoisotopic (exact) mass is 290 g/mol. The summed E-state index contributed by atoms with van der Waals surface area (Å²) in [5.41, 5.74) is 1.61. The van der Waals surface area contributed by atoms with E-state index in [-0.39, 0.29) is 5.56 Å². The topological polar surface area (TPSA) is 53.4 Å². The lowest BCUT2D eigenvalue weighted by atomic mass is 10.1. The summed E-state index contributed by atoms with van der Waals surface area (Å²) >= 11 is 6.19. The van der Waals surface area contributed by atoms with Crippen LogP contribution in [0.5, 0.6) is 0 Å². The summed E-state index contributed by atoms with van der Waals surface area (Å²) in [5.74, 6) is -0.984. The molecule has 1 heterocycles. The number of carboxylic acids is 1. The molecular formula is C15H15ClN2O2. The molecular weight excluding hydrogens is 276 g/mol. The molecule has 5 heteroatoms. The second-order valence-electron chi connectivity index (χ2n) is 4.28. The zero-order valence-corrected chi connectivity index (χ0v) is 11.8. The molecule has 0 spiro atoms. The van der Waals surface area contributed by atoms with Gasteiger partial charge in [0.05, 0.1) is 28.5 Å². The molecule has 104 valence electrons. The third-order valence-corrected chi connectivity index (χ3v) is 3.30. The van der Waals surface area contributed by atoms with Crippen molar-refractivity contribution in [1.29, 1.82) is 0 Å². The molecule has 0 unspecified atom stereocenters. The third kappa shape index (κ3) is 3.08. The van der Waals surface area contributed by atoms with Crippen LogP contribution >= 0.6 is 11.6 Å². The van der Waals surface area contributed by atoms with Crippen LogP contribution in [0.2, 0.25) is 5.02 Å². The Morgan fingerprint density at radius 2 is 2.10 bits per heavy atom. The number of anilines is 1. The number of halogens is 1. The van der Waals surface area contributed by atoms with Crippen molar-refractivity contribution in [2.24, 2.45) is 0 Å². The largest absolute Gasteiger partial charge is 0.478 e. The minimum Gasteiger partial charge on any atom is -0.478 e. The fourth-order valence-corrected chi connectivity index (χ4v) is 2.34. The number of carboxylic acid groups (broad SMARTS) is 1. The van der Waals surface area contributed by atoms with Crippen LogP contribution in [0.1, 0.15) is 23.0 Å². The molecule has 0 bridgehead atoms. The first kappa shape index (κ1) is 14.3. The van der Waals surface area contributed by atoms with Gasteiger partial charge >= 0.3 is 5.97 Å². The number of pyridine rings is 1. The number of carbonyl (C=O) groups is 1. The van der Waals surface area contributed by atoms with E-state index < -0.39 is 5.97 Å². The summed E-state index contributed by atoms with van der Waals surface area (Å²) in [7, 11) is 0. The highest BCUT2D eigenvalue weighted by Crippen LogP contribution is 2.30. The highest BCUT2D eigenvalue weighted by atomic mass is 35.5. The summed E-state index contributed by atoms with van der Waals surface area (Å²) < 4.78 is 0. The molecule has 1 aromatic carbocycles. The predicted molar refractivity (Wildman–Crippen MR) is 79.4 cm³/mol. The van der Waals surface area contributed by atoms with Crippen LogP contribution < -0.4 is 4.90 Å². The van der Waals surface area contributed by atoms with Gasteiger partial charge in [0.1, 0.15) is 0 Å². The first-order valence-electron chi connectivity index (χ1n) is 6.30. The molecule has 0 amide bonds. The van der Waals surface area contributed by atoms with E-state index in [1.165, 1.54) is 0 Å². The zero-order valence-electron chi connectivity index (χ0n) is 11.1. The van der Waals surface area contributed by atoms with Gasteiger partial charge in [-0.05, 0) is 31.2 Å². The van der Waals surface area contributed by atoms with Gasteiger partial charge in [0.2, 0.25) is 0 Å². The van der Waals surface area contributed by atoms with E-state index in [1.807, 2.05) is 30.0 Å². The number of hydrogen-bond acceptors (Lipinski definition) is 3. The van der Waals surface area contributed by atoms with Gasteiger partial charge in [-0.1, -0.05) is 23.7 Å². The Kier molecular flexibility index (Phi) is 4.58. The average molecular weight is 291 g/mol. The second kappa shape index (κ2) is 6.39. The zero-order chi connectivity index (χ0) is 14.5. The molecule has 1 aromatic heterocycles. The SMILES string of the molecule is CCN(Cc1ccccn1)c1c(Cl)cccc1C(=O)O. The van der Waals surface area contributed by atoms with Crippen LogP contribution in [0.15, 0.2) is 42.6 Å². The van der Waals surface area contributed by atoms with Crippen molar-refractivity contribution in [2.75, 3.05) is 11.4 Å². The number of nitrogens with zero attached hydrogens (tertiary/aromatic N) is 2. The minimum atomic E-state index is -0.984. The molecule has 0 aliphatic carbocycles. The molecule has 4 nitrogen and oxygen atoms in total. The summed E-state index contributed by atoms with van der Waals surface area (Å²) in [6, 6.07) is 10.6. The van der Waals surface area contributed by atoms with Gasteiger partial charge in [-0.2, -0.15) is 0 Å². The molecule has 0 radical (unpaired) electrons. The van der Waals surface area contributed by atoms with E-state index in [0.29, 0.717) is 23.8 Å². The highest BCUT2D eigenvalue weighted by molar-refractivity contribution is 6.34. The number of para-hydroxylation sites is 1. The fourth-order valence-electron chi connectivity index (χ4n) is 2.05. The number of rotatable bonds is 5. The number of aromatic nitrogens is 1. The van der Waals surface area contributed by atoms with Crippen LogP contribution in [0.3, 0.4) is 0 Å². The first-order chi connectivity index (χ1) is 9.63. The Bertz CT molecular complexity index is 602. The van der Waals surface area contributed by atoms with Crippen molar-refractivity contribution >= 4 is 23.3 Å². The lowest BCUT2D eigenvalue weighted by Crippen LogP contribution is -2.25. The molecule has 0 aliphatic rings. The fraction of sp³-hybridized carbons (Fsp3) is 0.200. The third-order valence-electron chi connectivity index (χ3n) is 2.99. The molecule has 0 aliphatic heterocycles. The molecule has 2 aromatic rings. The van der Waals surface area contributed by atoms with E-state index in [2.05, 4.69) is 4.98 Å². The summed E-state index contributed by atoms with van der Waals surface area (Å²) in [6.07, 6.45) is 1.72. The molecule has 0 fully saturated rings. The minimum absolute atomic E-state index is 0.204. The van der Waals surface area contributed by atoms with Crippen LogP contribution in [0.4, 0.5) is 5.69 Å². The lowest BCUT2D eigenvalue weighted by Gasteiger charge is -2.25. The van der Waals surface area contributed by atoms with Crippen molar-refractivity contribution in [3.8, 4) is 0 Å². The molecule has 0 saturated heterocycles. The molecule has 1 N–H and O–H groups in total. The maximum absolute atomic E-state index is 11.3. The molecule has 2 rings (SSSR count). The van der Waals surface area contributed by atoms with Crippen molar-refractivity contribution < 1.29 is 9.90 Å². The molecule has 20 heavy (non-hydrogen) atoms. The smallest absolute Gasteiger partial charge is 0.337 e. The second-order valence-corrected chi connectivity index (χ2v) is 4.68. The van der Waals surface area contributed by atoms with Gasteiger partial charge in [0.25, 0.3) is 0 Å². The quantitative estimate of drug-likeness (QED) is 0.916.